The molecule has 1 amide bonds. The van der Waals surface area contributed by atoms with Gasteiger partial charge < -0.3 is 5.32 Å². The molecular weight excluding hydrogens is 574 g/mol. The molecule has 0 aromatic heterocycles. The second kappa shape index (κ2) is 11.7. The zero-order valence-electron chi connectivity index (χ0n) is 22.9. The van der Waals surface area contributed by atoms with Crippen molar-refractivity contribution in [1.29, 1.82) is 0 Å². The molecule has 0 heterocycles. The lowest BCUT2D eigenvalue weighted by Gasteiger charge is -2.33. The Bertz CT molecular complexity index is 1350. The van der Waals surface area contributed by atoms with Crippen LogP contribution in [0.3, 0.4) is 0 Å². The number of alkyl halides is 6. The quantitative estimate of drug-likeness (QED) is 0.345. The van der Waals surface area contributed by atoms with Crippen LogP contribution in [0.15, 0.2) is 53.4 Å². The molecule has 4 atom stereocenters. The van der Waals surface area contributed by atoms with Gasteiger partial charge in [-0.05, 0) is 49.1 Å². The highest BCUT2D eigenvalue weighted by Crippen LogP contribution is 2.38. The van der Waals surface area contributed by atoms with Crippen LogP contribution in [0, 0.1) is 5.92 Å². The fourth-order valence-electron chi connectivity index (χ4n) is 4.84. The van der Waals surface area contributed by atoms with Crippen LogP contribution in [0.25, 0.3) is 11.1 Å². The van der Waals surface area contributed by atoms with Gasteiger partial charge in [0, 0.05) is 26.0 Å². The van der Waals surface area contributed by atoms with E-state index in [2.05, 4.69) is 5.32 Å². The van der Waals surface area contributed by atoms with Gasteiger partial charge in [-0.15, -0.1) is 0 Å². The molecule has 0 aliphatic heterocycles. The molecule has 1 saturated carbocycles. The Hall–Kier alpha value is -2.93. The molecule has 13 heteroatoms. The Morgan fingerprint density at radius 1 is 0.927 bits per heavy atom. The van der Waals surface area contributed by atoms with E-state index in [1.807, 2.05) is 5.32 Å². The van der Waals surface area contributed by atoms with Crippen LogP contribution >= 0.6 is 0 Å². The summed E-state index contributed by atoms with van der Waals surface area (Å²) in [6.07, 6.45) is -5.28. The van der Waals surface area contributed by atoms with E-state index >= 15 is 0 Å². The van der Waals surface area contributed by atoms with Crippen LogP contribution in [-0.4, -0.2) is 56.2 Å². The summed E-state index contributed by atoms with van der Waals surface area (Å²) in [5.74, 6) is -7.66. The zero-order valence-corrected chi connectivity index (χ0v) is 23.7. The average molecular weight is 607 g/mol. The molecule has 1 fully saturated rings. The third kappa shape index (κ3) is 8.54. The van der Waals surface area contributed by atoms with E-state index < -0.39 is 82.6 Å². The number of Topliss-reactive ketones (excluding diaryl/α,β-unsaturated/α-hetero) is 1. The van der Waals surface area contributed by atoms with E-state index in [1.54, 1.807) is 12.1 Å². The summed E-state index contributed by atoms with van der Waals surface area (Å²) >= 11 is 0. The molecule has 1 aliphatic carbocycles. The van der Waals surface area contributed by atoms with Crippen LogP contribution in [0.1, 0.15) is 51.6 Å². The molecule has 0 spiro atoms. The Morgan fingerprint density at radius 2 is 1.44 bits per heavy atom. The summed E-state index contributed by atoms with van der Waals surface area (Å²) in [6.45, 7) is 2.77. The van der Waals surface area contributed by atoms with Crippen LogP contribution < -0.4 is 10.6 Å². The number of hydrogen-bond acceptors (Lipinski definition) is 5. The number of halogens is 6. The number of benzene rings is 2. The van der Waals surface area contributed by atoms with E-state index in [1.165, 1.54) is 36.4 Å². The number of rotatable bonds is 10. The highest BCUT2D eigenvalue weighted by molar-refractivity contribution is 7.90. The maximum absolute atomic E-state index is 14.8. The second-order valence-corrected chi connectivity index (χ2v) is 13.1. The van der Waals surface area contributed by atoms with Crippen molar-refractivity contribution in [3.05, 3.63) is 54.1 Å². The van der Waals surface area contributed by atoms with Crippen LogP contribution in [0.5, 0.6) is 0 Å². The first-order valence-electron chi connectivity index (χ1n) is 12.8. The van der Waals surface area contributed by atoms with Crippen molar-refractivity contribution in [1.82, 2.24) is 10.6 Å². The van der Waals surface area contributed by atoms with E-state index in [4.69, 9.17) is 0 Å². The standard InChI is InChI=1S/C28H32F6N2O4S/c1-26(2,29)15-21(25(38)36-23-20(28(32,33)34)13-14-22(23)37)35-24(27(3,30)31)18-7-5-16(6-8-18)17-9-11-19(12-10-17)41(4,39)40/h5-12,20-21,23-24,35H,13-15H2,1-4H3,(H,36,38)/t20?,21-,23-,24-/m0/s1. The highest BCUT2D eigenvalue weighted by Gasteiger charge is 2.52. The monoisotopic (exact) mass is 606 g/mol. The molecule has 2 N–H and O–H groups in total. The van der Waals surface area contributed by atoms with Gasteiger partial charge in [-0.1, -0.05) is 36.4 Å². The zero-order chi connectivity index (χ0) is 31.0. The van der Waals surface area contributed by atoms with Crippen molar-refractivity contribution in [3.63, 3.8) is 0 Å². The summed E-state index contributed by atoms with van der Waals surface area (Å²) in [5.41, 5.74) is -0.889. The van der Waals surface area contributed by atoms with Crippen molar-refractivity contribution >= 4 is 21.5 Å². The van der Waals surface area contributed by atoms with Crippen molar-refractivity contribution < 1.29 is 44.3 Å². The minimum absolute atomic E-state index is 0.00795. The highest BCUT2D eigenvalue weighted by atomic mass is 32.2. The van der Waals surface area contributed by atoms with Crippen molar-refractivity contribution in [2.24, 2.45) is 5.92 Å². The van der Waals surface area contributed by atoms with Crippen molar-refractivity contribution in [2.45, 2.75) is 80.8 Å². The second-order valence-electron chi connectivity index (χ2n) is 11.1. The SMILES string of the molecule is CC(C)(F)C[C@H](N[C@@H](c1ccc(-c2ccc(S(C)(=O)=O)cc2)cc1)C(C)(F)F)C(=O)N[C@@H]1C(=O)CCC1C(F)(F)F. The fraction of sp³-hybridized carbons (Fsp3) is 0.500. The molecule has 1 aliphatic rings. The van der Waals surface area contributed by atoms with Crippen LogP contribution in [0.4, 0.5) is 26.3 Å². The van der Waals surface area contributed by atoms with Gasteiger partial charge in [-0.2, -0.15) is 13.2 Å². The van der Waals surface area contributed by atoms with Gasteiger partial charge in [-0.3, -0.25) is 14.9 Å². The van der Waals surface area contributed by atoms with E-state index in [0.29, 0.717) is 18.1 Å². The number of amides is 1. The number of sulfone groups is 1. The molecule has 0 saturated heterocycles. The normalized spacial score (nSPS) is 20.1. The minimum atomic E-state index is -4.77. The molecule has 1 unspecified atom stereocenters. The summed E-state index contributed by atoms with van der Waals surface area (Å²) < 4.78 is 108. The van der Waals surface area contributed by atoms with Gasteiger partial charge in [0.05, 0.1) is 28.9 Å². The number of carbonyl (C=O) groups is 2. The Balaban J connectivity index is 1.88. The summed E-state index contributed by atoms with van der Waals surface area (Å²) in [6, 6.07) is 6.20. The maximum Gasteiger partial charge on any atom is 0.394 e. The number of carbonyl (C=O) groups excluding carboxylic acids is 2. The van der Waals surface area contributed by atoms with Gasteiger partial charge in [-0.25, -0.2) is 21.6 Å². The molecule has 6 nitrogen and oxygen atoms in total. The largest absolute Gasteiger partial charge is 0.394 e. The topological polar surface area (TPSA) is 92.3 Å². The predicted octanol–water partition coefficient (Wildman–Crippen LogP) is 5.58. The predicted molar refractivity (Wildman–Crippen MR) is 141 cm³/mol. The molecule has 2 aromatic carbocycles. The summed E-state index contributed by atoms with van der Waals surface area (Å²) in [4.78, 5) is 25.3. The van der Waals surface area contributed by atoms with Crippen molar-refractivity contribution in [3.8, 4) is 11.1 Å². The molecule has 3 rings (SSSR count). The molecule has 2 aromatic rings. The van der Waals surface area contributed by atoms with E-state index in [9.17, 15) is 44.3 Å². The van der Waals surface area contributed by atoms with Crippen LogP contribution in [0.2, 0.25) is 0 Å². The Morgan fingerprint density at radius 3 is 1.88 bits per heavy atom. The van der Waals surface area contributed by atoms with Gasteiger partial charge in [0.2, 0.25) is 5.91 Å². The van der Waals surface area contributed by atoms with E-state index in [-0.39, 0.29) is 10.5 Å². The lowest BCUT2D eigenvalue weighted by Crippen LogP contribution is -2.55. The first kappa shape index (κ1) is 32.6. The number of ketones is 1. The third-order valence-corrected chi connectivity index (χ3v) is 8.04. The summed E-state index contributed by atoms with van der Waals surface area (Å²) in [7, 11) is -3.41. The smallest absolute Gasteiger partial charge is 0.344 e. The molecule has 0 bridgehead atoms. The number of nitrogens with one attached hydrogen (secondary N) is 2. The fourth-order valence-corrected chi connectivity index (χ4v) is 5.47. The maximum atomic E-state index is 14.8. The van der Waals surface area contributed by atoms with Gasteiger partial charge in [0.15, 0.2) is 15.6 Å². The lowest BCUT2D eigenvalue weighted by molar-refractivity contribution is -0.179. The lowest BCUT2D eigenvalue weighted by atomic mass is 9.94. The van der Waals surface area contributed by atoms with E-state index in [0.717, 1.165) is 20.1 Å². The first-order valence-corrected chi connectivity index (χ1v) is 14.7. The number of hydrogen-bond donors (Lipinski definition) is 2. The van der Waals surface area contributed by atoms with Gasteiger partial charge in [0.25, 0.3) is 5.92 Å². The third-order valence-electron chi connectivity index (χ3n) is 6.91. The Kier molecular flexibility index (Phi) is 9.34. The molecular formula is C28H32F6N2O4S. The van der Waals surface area contributed by atoms with Gasteiger partial charge >= 0.3 is 6.18 Å². The van der Waals surface area contributed by atoms with Crippen LogP contribution in [-0.2, 0) is 19.4 Å². The Labute approximate surface area is 234 Å². The minimum Gasteiger partial charge on any atom is -0.344 e. The molecule has 226 valence electrons. The molecule has 41 heavy (non-hydrogen) atoms. The average Bonchev–Trinajstić information content (AvgIpc) is 3.20. The summed E-state index contributed by atoms with van der Waals surface area (Å²) in [5, 5.41) is 4.47. The molecule has 0 radical (unpaired) electrons. The van der Waals surface area contributed by atoms with Gasteiger partial charge in [0.1, 0.15) is 5.67 Å². The first-order chi connectivity index (χ1) is 18.7. The van der Waals surface area contributed by atoms with Crippen molar-refractivity contribution in [2.75, 3.05) is 6.26 Å².